The van der Waals surface area contributed by atoms with Gasteiger partial charge in [0.2, 0.25) is 0 Å². The summed E-state index contributed by atoms with van der Waals surface area (Å²) in [5, 5.41) is 2.96. The Labute approximate surface area is 106 Å². The van der Waals surface area contributed by atoms with Crippen LogP contribution in [0.15, 0.2) is 24.3 Å². The molecule has 0 saturated carbocycles. The second-order valence-corrected chi connectivity index (χ2v) is 4.18. The Hall–Kier alpha value is -1.86. The van der Waals surface area contributed by atoms with Gasteiger partial charge in [-0.3, -0.25) is 10.1 Å². The zero-order chi connectivity index (χ0) is 13.6. The maximum atomic E-state index is 12.8. The number of hydrogen-bond donors (Lipinski definition) is 1. The first-order valence-electron chi connectivity index (χ1n) is 5.53. The Morgan fingerprint density at radius 1 is 1.50 bits per heavy atom. The van der Waals surface area contributed by atoms with Crippen LogP contribution < -0.4 is 5.32 Å². The van der Waals surface area contributed by atoms with Crippen LogP contribution in [-0.4, -0.2) is 25.2 Å². The van der Waals surface area contributed by atoms with Crippen LogP contribution in [0.25, 0.3) is 0 Å². The summed E-state index contributed by atoms with van der Waals surface area (Å²) in [6, 6.07) is 5.98. The number of methoxy groups -OCH3 is 1. The number of terminal acetylenes is 1. The van der Waals surface area contributed by atoms with Gasteiger partial charge in [0.1, 0.15) is 11.4 Å². The molecular weight excluding hydrogens is 233 g/mol. The maximum Gasteiger partial charge on any atom is 0.326 e. The highest BCUT2D eigenvalue weighted by Crippen LogP contribution is 2.15. The zero-order valence-corrected chi connectivity index (χ0v) is 10.5. The van der Waals surface area contributed by atoms with E-state index in [1.807, 2.05) is 0 Å². The number of ether oxygens (including phenoxy) is 1. The molecule has 4 heteroatoms. The molecule has 0 aromatic heterocycles. The largest absolute Gasteiger partial charge is 0.468 e. The zero-order valence-electron chi connectivity index (χ0n) is 10.5. The molecule has 0 aliphatic carbocycles. The molecule has 0 aliphatic rings. The highest BCUT2D eigenvalue weighted by molar-refractivity contribution is 5.80. The van der Waals surface area contributed by atoms with Crippen molar-refractivity contribution in [2.45, 2.75) is 18.9 Å². The van der Waals surface area contributed by atoms with Gasteiger partial charge in [0.05, 0.1) is 13.7 Å². The van der Waals surface area contributed by atoms with E-state index in [9.17, 15) is 9.18 Å². The van der Waals surface area contributed by atoms with E-state index in [-0.39, 0.29) is 12.4 Å². The van der Waals surface area contributed by atoms with E-state index >= 15 is 0 Å². The summed E-state index contributed by atoms with van der Waals surface area (Å²) in [5.41, 5.74) is -0.0901. The van der Waals surface area contributed by atoms with E-state index < -0.39 is 11.5 Å². The Balaban J connectivity index is 2.87. The van der Waals surface area contributed by atoms with E-state index in [1.54, 1.807) is 19.1 Å². The van der Waals surface area contributed by atoms with Crippen LogP contribution in [-0.2, 0) is 16.0 Å². The number of rotatable bonds is 5. The van der Waals surface area contributed by atoms with Crippen molar-refractivity contribution < 1.29 is 13.9 Å². The molecule has 96 valence electrons. The normalized spacial score (nSPS) is 13.4. The lowest BCUT2D eigenvalue weighted by Gasteiger charge is -2.27. The molecule has 1 aromatic rings. The molecule has 18 heavy (non-hydrogen) atoms. The summed E-state index contributed by atoms with van der Waals surface area (Å²) < 4.78 is 17.6. The van der Waals surface area contributed by atoms with Crippen LogP contribution in [0.5, 0.6) is 0 Å². The van der Waals surface area contributed by atoms with Gasteiger partial charge in [-0.25, -0.2) is 4.39 Å². The van der Waals surface area contributed by atoms with Crippen molar-refractivity contribution in [3.8, 4) is 12.3 Å². The predicted molar refractivity (Wildman–Crippen MR) is 67.4 cm³/mol. The summed E-state index contributed by atoms with van der Waals surface area (Å²) in [4.78, 5) is 11.8. The number of carbonyl (C=O) groups excluding carboxylic acids is 1. The highest BCUT2D eigenvalue weighted by atomic mass is 19.1. The number of esters is 1. The third kappa shape index (κ3) is 3.57. The minimum absolute atomic E-state index is 0.257. The van der Waals surface area contributed by atoms with Crippen molar-refractivity contribution in [3.05, 3.63) is 35.6 Å². The second kappa shape index (κ2) is 6.18. The molecule has 1 atom stereocenters. The van der Waals surface area contributed by atoms with Gasteiger partial charge in [-0.1, -0.05) is 18.1 Å². The monoisotopic (exact) mass is 249 g/mol. The predicted octanol–water partition coefficient (Wildman–Crippen LogP) is 1.52. The van der Waals surface area contributed by atoms with Crippen LogP contribution in [0.2, 0.25) is 0 Å². The third-order valence-electron chi connectivity index (χ3n) is 2.69. The summed E-state index contributed by atoms with van der Waals surface area (Å²) in [7, 11) is 1.32. The molecule has 0 heterocycles. The van der Waals surface area contributed by atoms with Gasteiger partial charge in [-0.05, 0) is 24.6 Å². The first kappa shape index (κ1) is 14.2. The lowest BCUT2D eigenvalue weighted by molar-refractivity contribution is -0.147. The Morgan fingerprint density at radius 3 is 2.61 bits per heavy atom. The van der Waals surface area contributed by atoms with Crippen molar-refractivity contribution >= 4 is 5.97 Å². The molecule has 0 radical (unpaired) electrons. The van der Waals surface area contributed by atoms with Crippen LogP contribution in [0.3, 0.4) is 0 Å². The SMILES string of the molecule is C#CCNC(C)(Cc1ccc(F)cc1)C(=O)OC. The fourth-order valence-electron chi connectivity index (χ4n) is 1.69. The van der Waals surface area contributed by atoms with Gasteiger partial charge in [0, 0.05) is 6.42 Å². The molecule has 0 saturated heterocycles. The number of hydrogen-bond acceptors (Lipinski definition) is 3. The standard InChI is InChI=1S/C14H16FNO2/c1-4-9-16-14(2,13(17)18-3)10-11-5-7-12(15)8-6-11/h1,5-8,16H,9-10H2,2-3H3. The molecule has 0 spiro atoms. The van der Waals surface area contributed by atoms with Crippen LogP contribution in [0.4, 0.5) is 4.39 Å². The molecule has 3 nitrogen and oxygen atoms in total. The molecule has 1 unspecified atom stereocenters. The summed E-state index contributed by atoms with van der Waals surface area (Å²) in [6.45, 7) is 1.96. The van der Waals surface area contributed by atoms with E-state index in [0.29, 0.717) is 6.42 Å². The second-order valence-electron chi connectivity index (χ2n) is 4.18. The van der Waals surface area contributed by atoms with Crippen molar-refractivity contribution in [1.29, 1.82) is 0 Å². The third-order valence-corrected chi connectivity index (χ3v) is 2.69. The molecule has 0 fully saturated rings. The lowest BCUT2D eigenvalue weighted by Crippen LogP contribution is -2.52. The molecule has 1 aromatic carbocycles. The number of nitrogens with one attached hydrogen (secondary N) is 1. The van der Waals surface area contributed by atoms with Crippen LogP contribution in [0.1, 0.15) is 12.5 Å². The summed E-state index contributed by atoms with van der Waals surface area (Å²) in [5.74, 6) is 1.71. The summed E-state index contributed by atoms with van der Waals surface area (Å²) in [6.07, 6.45) is 5.55. The molecule has 1 N–H and O–H groups in total. The Kier molecular flexibility index (Phi) is 4.87. The average Bonchev–Trinajstić information content (AvgIpc) is 2.38. The van der Waals surface area contributed by atoms with Gasteiger partial charge >= 0.3 is 5.97 Å². The van der Waals surface area contributed by atoms with Crippen molar-refractivity contribution in [2.24, 2.45) is 0 Å². The molecular formula is C14H16FNO2. The van der Waals surface area contributed by atoms with Crippen LogP contribution >= 0.6 is 0 Å². The minimum atomic E-state index is -0.918. The first-order valence-corrected chi connectivity index (χ1v) is 5.53. The highest BCUT2D eigenvalue weighted by Gasteiger charge is 2.33. The topological polar surface area (TPSA) is 38.3 Å². The van der Waals surface area contributed by atoms with Gasteiger partial charge in [0.25, 0.3) is 0 Å². The van der Waals surface area contributed by atoms with Gasteiger partial charge < -0.3 is 4.74 Å². The molecule has 0 amide bonds. The number of benzene rings is 1. The Morgan fingerprint density at radius 2 is 2.11 bits per heavy atom. The molecule has 1 rings (SSSR count). The fraction of sp³-hybridized carbons (Fsp3) is 0.357. The van der Waals surface area contributed by atoms with E-state index in [0.717, 1.165) is 5.56 Å². The quantitative estimate of drug-likeness (QED) is 0.635. The van der Waals surface area contributed by atoms with Crippen molar-refractivity contribution in [1.82, 2.24) is 5.32 Å². The van der Waals surface area contributed by atoms with E-state index in [4.69, 9.17) is 11.2 Å². The first-order chi connectivity index (χ1) is 8.51. The van der Waals surface area contributed by atoms with E-state index in [2.05, 4.69) is 11.2 Å². The lowest BCUT2D eigenvalue weighted by atomic mass is 9.92. The van der Waals surface area contributed by atoms with Crippen molar-refractivity contribution in [3.63, 3.8) is 0 Å². The molecule has 0 bridgehead atoms. The maximum absolute atomic E-state index is 12.8. The van der Waals surface area contributed by atoms with Gasteiger partial charge in [-0.15, -0.1) is 6.42 Å². The Bertz CT molecular complexity index is 450. The average molecular weight is 249 g/mol. The van der Waals surface area contributed by atoms with Crippen LogP contribution in [0, 0.1) is 18.2 Å². The van der Waals surface area contributed by atoms with Gasteiger partial charge in [-0.2, -0.15) is 0 Å². The van der Waals surface area contributed by atoms with E-state index in [1.165, 1.54) is 19.2 Å². The smallest absolute Gasteiger partial charge is 0.326 e. The van der Waals surface area contributed by atoms with Gasteiger partial charge in [0.15, 0.2) is 0 Å². The molecule has 0 aliphatic heterocycles. The summed E-state index contributed by atoms with van der Waals surface area (Å²) >= 11 is 0. The fourth-order valence-corrected chi connectivity index (χ4v) is 1.69. The van der Waals surface area contributed by atoms with Crippen molar-refractivity contribution in [2.75, 3.05) is 13.7 Å². The number of carbonyl (C=O) groups is 1. The minimum Gasteiger partial charge on any atom is -0.468 e. The number of halogens is 1.